The van der Waals surface area contributed by atoms with Crippen molar-refractivity contribution in [2.75, 3.05) is 11.9 Å². The second kappa shape index (κ2) is 10.4. The van der Waals surface area contributed by atoms with E-state index in [1.807, 2.05) is 63.2 Å². The smallest absolute Gasteiger partial charge is 0.228 e. The van der Waals surface area contributed by atoms with Crippen LogP contribution in [0, 0.1) is 0 Å². The summed E-state index contributed by atoms with van der Waals surface area (Å²) < 4.78 is 0. The molecule has 1 aliphatic heterocycles. The van der Waals surface area contributed by atoms with Gasteiger partial charge in [0.2, 0.25) is 5.91 Å². The summed E-state index contributed by atoms with van der Waals surface area (Å²) in [5, 5.41) is 7.92. The van der Waals surface area contributed by atoms with E-state index in [9.17, 15) is 9.59 Å². The van der Waals surface area contributed by atoms with Crippen LogP contribution in [0.3, 0.4) is 0 Å². The number of amides is 1. The Morgan fingerprint density at radius 1 is 1.22 bits per heavy atom. The monoisotopic (exact) mass is 428 g/mol. The van der Waals surface area contributed by atoms with Crippen LogP contribution in [-0.4, -0.2) is 29.4 Å². The molecule has 2 aromatic carbocycles. The van der Waals surface area contributed by atoms with Crippen LogP contribution in [0.1, 0.15) is 48.0 Å². The molecular weight excluding hydrogens is 400 g/mol. The highest BCUT2D eigenvalue weighted by molar-refractivity contribution is 6.17. The van der Waals surface area contributed by atoms with Crippen LogP contribution in [0.25, 0.3) is 16.5 Å². The lowest BCUT2D eigenvalue weighted by Gasteiger charge is -2.11. The molecule has 32 heavy (non-hydrogen) atoms. The predicted octanol–water partition coefficient (Wildman–Crippen LogP) is 5.08. The number of carbonyl (C=O) groups is 2. The molecule has 1 aliphatic rings. The summed E-state index contributed by atoms with van der Waals surface area (Å²) in [5.41, 5.74) is 8.52. The fraction of sp³-hybridized carbons (Fsp3) is 0.192. The van der Waals surface area contributed by atoms with Crippen molar-refractivity contribution in [3.63, 3.8) is 0 Å². The van der Waals surface area contributed by atoms with Gasteiger partial charge in [0, 0.05) is 27.7 Å². The number of nitrogens with zero attached hydrogens (tertiary/aromatic N) is 1. The molecule has 2 heterocycles. The topological polar surface area (TPSA) is 86.3 Å². The lowest BCUT2D eigenvalue weighted by Crippen LogP contribution is -2.21. The van der Waals surface area contributed by atoms with Crippen molar-refractivity contribution in [2.24, 2.45) is 5.10 Å². The summed E-state index contributed by atoms with van der Waals surface area (Å²) in [6.07, 6.45) is 5.77. The normalized spacial score (nSPS) is 13.8. The highest BCUT2D eigenvalue weighted by Gasteiger charge is 2.21. The van der Waals surface area contributed by atoms with Crippen molar-refractivity contribution in [3.8, 4) is 0 Å². The highest BCUT2D eigenvalue weighted by atomic mass is 16.1. The first-order valence-electron chi connectivity index (χ1n) is 10.5. The van der Waals surface area contributed by atoms with Crippen molar-refractivity contribution < 1.29 is 9.59 Å². The van der Waals surface area contributed by atoms with E-state index in [0.29, 0.717) is 11.3 Å². The number of hydrogen-bond acceptors (Lipinski definition) is 4. The van der Waals surface area contributed by atoms with Crippen LogP contribution in [-0.2, 0) is 11.2 Å². The lowest BCUT2D eigenvalue weighted by atomic mass is 9.99. The van der Waals surface area contributed by atoms with Gasteiger partial charge in [-0.2, -0.15) is 5.10 Å². The zero-order valence-electron chi connectivity index (χ0n) is 18.7. The van der Waals surface area contributed by atoms with Crippen molar-refractivity contribution >= 4 is 40.1 Å². The van der Waals surface area contributed by atoms with Gasteiger partial charge in [-0.1, -0.05) is 42.5 Å². The molecule has 0 atom stereocenters. The third kappa shape index (κ3) is 5.03. The number of allylic oxidation sites excluding steroid dienone is 3. The third-order valence-corrected chi connectivity index (χ3v) is 5.08. The third-order valence-electron chi connectivity index (χ3n) is 5.08. The van der Waals surface area contributed by atoms with Crippen LogP contribution in [0.4, 0.5) is 5.69 Å². The molecule has 0 spiro atoms. The van der Waals surface area contributed by atoms with E-state index >= 15 is 0 Å². The summed E-state index contributed by atoms with van der Waals surface area (Å²) in [6.45, 7) is 9.33. The first-order chi connectivity index (χ1) is 15.5. The molecule has 4 rings (SSSR count). The number of aromatic nitrogens is 1. The van der Waals surface area contributed by atoms with E-state index in [1.54, 1.807) is 18.4 Å². The Labute approximate surface area is 188 Å². The fourth-order valence-electron chi connectivity index (χ4n) is 3.54. The van der Waals surface area contributed by atoms with Gasteiger partial charge >= 0.3 is 0 Å². The van der Waals surface area contributed by atoms with Crippen molar-refractivity contribution in [1.82, 2.24) is 10.4 Å². The molecule has 0 aliphatic carbocycles. The SMILES string of the molecule is C/C=C(\C)c1[nH]c2cc(NC(=O)Cc3ccccc3)cc3c2c1/C=N\NCC3=O.C=CC. The fourth-order valence-corrected chi connectivity index (χ4v) is 3.54. The minimum absolute atomic E-state index is 0.0732. The Hall–Kier alpha value is -3.93. The van der Waals surface area contributed by atoms with Gasteiger partial charge in [-0.25, -0.2) is 0 Å². The Morgan fingerprint density at radius 2 is 1.94 bits per heavy atom. The van der Waals surface area contributed by atoms with Gasteiger partial charge in [0.15, 0.2) is 5.78 Å². The summed E-state index contributed by atoms with van der Waals surface area (Å²) in [7, 11) is 0. The van der Waals surface area contributed by atoms with E-state index in [0.717, 1.165) is 33.3 Å². The minimum atomic E-state index is -0.127. The Kier molecular flexibility index (Phi) is 7.39. The number of benzene rings is 2. The van der Waals surface area contributed by atoms with Crippen LogP contribution in [0.5, 0.6) is 0 Å². The quantitative estimate of drug-likeness (QED) is 0.506. The number of aromatic amines is 1. The summed E-state index contributed by atoms with van der Waals surface area (Å²) in [4.78, 5) is 28.7. The van der Waals surface area contributed by atoms with E-state index in [1.165, 1.54) is 0 Å². The number of carbonyl (C=O) groups excluding carboxylic acids is 2. The summed E-state index contributed by atoms with van der Waals surface area (Å²) >= 11 is 0. The van der Waals surface area contributed by atoms with Crippen LogP contribution in [0.2, 0.25) is 0 Å². The maximum atomic E-state index is 12.7. The Bertz CT molecular complexity index is 1200. The number of H-pyrrole nitrogens is 1. The molecular formula is C26H28N4O2. The van der Waals surface area contributed by atoms with Crippen molar-refractivity contribution in [1.29, 1.82) is 0 Å². The number of nitrogens with one attached hydrogen (secondary N) is 3. The number of anilines is 1. The van der Waals surface area contributed by atoms with Gasteiger partial charge in [0.25, 0.3) is 0 Å². The molecule has 0 bridgehead atoms. The minimum Gasteiger partial charge on any atom is -0.354 e. The summed E-state index contributed by atoms with van der Waals surface area (Å²) in [5.74, 6) is -0.201. The molecule has 1 amide bonds. The molecule has 0 radical (unpaired) electrons. The molecule has 6 nitrogen and oxygen atoms in total. The van der Waals surface area contributed by atoms with Gasteiger partial charge in [-0.15, -0.1) is 6.58 Å². The molecule has 0 saturated heterocycles. The first-order valence-corrected chi connectivity index (χ1v) is 10.5. The standard InChI is InChI=1S/C23H22N4O2.C3H6/c1-3-14(2)23-18-12-24-25-13-20(28)17-10-16(11-19(27-23)22(17)18)26-21(29)9-15-7-5-4-6-8-15;1-3-2/h3-8,10-12,25,27H,9,13H2,1-2H3,(H,26,29);3H,1H2,2H3/b14-3+,24-12-;. The zero-order valence-corrected chi connectivity index (χ0v) is 18.7. The van der Waals surface area contributed by atoms with E-state index < -0.39 is 0 Å². The Balaban J connectivity index is 0.000000913. The van der Waals surface area contributed by atoms with E-state index in [2.05, 4.69) is 27.4 Å². The molecule has 3 aromatic rings. The number of hydrogen-bond donors (Lipinski definition) is 3. The Morgan fingerprint density at radius 3 is 2.62 bits per heavy atom. The van der Waals surface area contributed by atoms with Crippen LogP contribution < -0.4 is 10.7 Å². The average molecular weight is 429 g/mol. The zero-order chi connectivity index (χ0) is 23.1. The highest BCUT2D eigenvalue weighted by Crippen LogP contribution is 2.32. The second-order valence-corrected chi connectivity index (χ2v) is 7.47. The second-order valence-electron chi connectivity index (χ2n) is 7.47. The first kappa shape index (κ1) is 22.7. The lowest BCUT2D eigenvalue weighted by molar-refractivity contribution is -0.115. The summed E-state index contributed by atoms with van der Waals surface area (Å²) in [6, 6.07) is 13.2. The molecule has 0 saturated carbocycles. The maximum Gasteiger partial charge on any atom is 0.228 e. The molecule has 1 aromatic heterocycles. The van der Waals surface area contributed by atoms with E-state index in [4.69, 9.17) is 0 Å². The number of ketones is 1. The largest absolute Gasteiger partial charge is 0.354 e. The number of Topliss-reactive ketones (excluding diaryl/α,β-unsaturated/α-hetero) is 1. The predicted molar refractivity (Wildman–Crippen MR) is 132 cm³/mol. The van der Waals surface area contributed by atoms with Crippen molar-refractivity contribution in [3.05, 3.63) is 83.6 Å². The molecule has 164 valence electrons. The van der Waals surface area contributed by atoms with Gasteiger partial charge in [-0.3, -0.25) is 9.59 Å². The van der Waals surface area contributed by atoms with Gasteiger partial charge in [-0.05, 0) is 44.0 Å². The molecule has 3 N–H and O–H groups in total. The number of rotatable bonds is 4. The van der Waals surface area contributed by atoms with E-state index in [-0.39, 0.29) is 24.7 Å². The van der Waals surface area contributed by atoms with Gasteiger partial charge in [0.1, 0.15) is 0 Å². The molecule has 0 unspecified atom stereocenters. The van der Waals surface area contributed by atoms with Gasteiger partial charge in [0.05, 0.1) is 24.9 Å². The number of hydrazone groups is 1. The van der Waals surface area contributed by atoms with Crippen molar-refractivity contribution in [2.45, 2.75) is 27.2 Å². The average Bonchev–Trinajstić information content (AvgIpc) is 3.13. The molecule has 6 heteroatoms. The van der Waals surface area contributed by atoms with Gasteiger partial charge < -0.3 is 15.7 Å². The van der Waals surface area contributed by atoms with Crippen LogP contribution in [0.15, 0.2) is 66.3 Å². The van der Waals surface area contributed by atoms with Crippen LogP contribution >= 0.6 is 0 Å². The maximum absolute atomic E-state index is 12.7. The molecule has 0 fully saturated rings.